The lowest BCUT2D eigenvalue weighted by Gasteiger charge is -2.09. The van der Waals surface area contributed by atoms with Crippen molar-refractivity contribution in [3.05, 3.63) is 69.8 Å². The van der Waals surface area contributed by atoms with Crippen LogP contribution in [0.4, 0.5) is 0 Å². The van der Waals surface area contributed by atoms with E-state index in [2.05, 4.69) is 17.1 Å². The van der Waals surface area contributed by atoms with E-state index >= 15 is 0 Å². The minimum atomic E-state index is 0.541. The molecule has 2 aromatic rings. The maximum absolute atomic E-state index is 9.13. The van der Waals surface area contributed by atoms with Crippen molar-refractivity contribution in [2.75, 3.05) is 0 Å². The van der Waals surface area contributed by atoms with Crippen LogP contribution < -0.4 is 0 Å². The molecule has 0 aromatic heterocycles. The number of aryl methyl sites for hydroxylation is 2. The fourth-order valence-corrected chi connectivity index (χ4v) is 2.42. The predicted molar refractivity (Wildman–Crippen MR) is 87.7 cm³/mol. The van der Waals surface area contributed by atoms with Gasteiger partial charge in [-0.05, 0) is 48.7 Å². The first-order chi connectivity index (χ1) is 11.1. The summed E-state index contributed by atoms with van der Waals surface area (Å²) in [5.41, 5.74) is 5.07. The van der Waals surface area contributed by atoms with Crippen molar-refractivity contribution < 1.29 is 0 Å². The monoisotopic (exact) mass is 298 g/mol. The van der Waals surface area contributed by atoms with Crippen LogP contribution in [-0.4, -0.2) is 5.71 Å². The third kappa shape index (κ3) is 3.26. The standard InChI is InChI=1S/C19H14N4/c1-3-14-9-16(5-7-18(14)11-21)19(23-12-22)15-4-6-17(10-20)13(2)8-15/h4-9H,3H2,1-2H3. The molecule has 0 bridgehead atoms. The summed E-state index contributed by atoms with van der Waals surface area (Å²) < 4.78 is 0. The Kier molecular flexibility index (Phi) is 4.88. The van der Waals surface area contributed by atoms with E-state index in [1.165, 1.54) is 0 Å². The van der Waals surface area contributed by atoms with E-state index in [1.54, 1.807) is 24.3 Å². The molecule has 0 atom stereocenters. The molecule has 4 nitrogen and oxygen atoms in total. The number of aliphatic imine (C=N–C) groups is 1. The second-order valence-corrected chi connectivity index (χ2v) is 5.04. The Morgan fingerprint density at radius 1 is 0.957 bits per heavy atom. The topological polar surface area (TPSA) is 83.7 Å². The molecule has 110 valence electrons. The van der Waals surface area contributed by atoms with Gasteiger partial charge in [-0.3, -0.25) is 0 Å². The molecule has 4 heteroatoms. The van der Waals surface area contributed by atoms with Gasteiger partial charge in [-0.25, -0.2) is 0 Å². The highest BCUT2D eigenvalue weighted by Gasteiger charge is 2.11. The van der Waals surface area contributed by atoms with Crippen molar-refractivity contribution in [3.8, 4) is 18.3 Å². The van der Waals surface area contributed by atoms with Crippen LogP contribution in [0.25, 0.3) is 0 Å². The predicted octanol–water partition coefficient (Wildman–Crippen LogP) is 3.62. The lowest BCUT2D eigenvalue weighted by molar-refractivity contribution is 1.13. The lowest BCUT2D eigenvalue weighted by atomic mass is 9.95. The first kappa shape index (κ1) is 16.0. The van der Waals surface area contributed by atoms with Crippen molar-refractivity contribution in [2.45, 2.75) is 20.3 Å². The summed E-state index contributed by atoms with van der Waals surface area (Å²) in [6.07, 6.45) is 2.56. The third-order valence-corrected chi connectivity index (χ3v) is 3.66. The van der Waals surface area contributed by atoms with E-state index in [-0.39, 0.29) is 0 Å². The van der Waals surface area contributed by atoms with E-state index in [0.29, 0.717) is 16.8 Å². The van der Waals surface area contributed by atoms with Crippen molar-refractivity contribution in [1.82, 2.24) is 0 Å². The lowest BCUT2D eigenvalue weighted by Crippen LogP contribution is -2.05. The highest BCUT2D eigenvalue weighted by molar-refractivity contribution is 6.13. The molecule has 0 aliphatic heterocycles. The van der Waals surface area contributed by atoms with E-state index < -0.39 is 0 Å². The van der Waals surface area contributed by atoms with Gasteiger partial charge in [-0.2, -0.15) is 20.8 Å². The van der Waals surface area contributed by atoms with Crippen molar-refractivity contribution in [2.24, 2.45) is 4.99 Å². The number of hydrogen-bond donors (Lipinski definition) is 0. The average Bonchev–Trinajstić information content (AvgIpc) is 2.59. The fraction of sp³-hybridized carbons (Fsp3) is 0.158. The number of benzene rings is 2. The van der Waals surface area contributed by atoms with Gasteiger partial charge in [0.15, 0.2) is 0 Å². The summed E-state index contributed by atoms with van der Waals surface area (Å²) in [7, 11) is 0. The van der Waals surface area contributed by atoms with Gasteiger partial charge in [-0.15, -0.1) is 0 Å². The van der Waals surface area contributed by atoms with Crippen molar-refractivity contribution >= 4 is 5.71 Å². The molecule has 0 saturated carbocycles. The molecule has 0 heterocycles. The molecule has 0 spiro atoms. The highest BCUT2D eigenvalue weighted by atomic mass is 14.7. The molecule has 0 saturated heterocycles. The second-order valence-electron chi connectivity index (χ2n) is 5.04. The zero-order valence-corrected chi connectivity index (χ0v) is 13.0. The summed E-state index contributed by atoms with van der Waals surface area (Å²) in [6.45, 7) is 3.83. The first-order valence-corrected chi connectivity index (χ1v) is 7.15. The molecule has 0 fully saturated rings. The van der Waals surface area contributed by atoms with Crippen molar-refractivity contribution in [1.29, 1.82) is 15.8 Å². The summed E-state index contributed by atoms with van der Waals surface area (Å²) in [5.74, 6) is 0. The Morgan fingerprint density at radius 2 is 1.57 bits per heavy atom. The largest absolute Gasteiger partial charge is 0.206 e. The van der Waals surface area contributed by atoms with Crippen molar-refractivity contribution in [3.63, 3.8) is 0 Å². The number of hydrogen-bond acceptors (Lipinski definition) is 4. The maximum Gasteiger partial charge on any atom is 0.206 e. The SMILES string of the molecule is CCc1cc(C(=NC#N)c2ccc(C#N)c(C)c2)ccc1C#N. The van der Waals surface area contributed by atoms with Crippen LogP contribution in [0.15, 0.2) is 41.4 Å². The van der Waals surface area contributed by atoms with Gasteiger partial charge in [0, 0.05) is 11.1 Å². The van der Waals surface area contributed by atoms with Crippen LogP contribution in [0.5, 0.6) is 0 Å². The van der Waals surface area contributed by atoms with Crippen LogP contribution in [0.1, 0.15) is 40.3 Å². The van der Waals surface area contributed by atoms with E-state index in [1.807, 2.05) is 32.2 Å². The molecular weight excluding hydrogens is 284 g/mol. The smallest absolute Gasteiger partial charge is 0.192 e. The van der Waals surface area contributed by atoms with Gasteiger partial charge in [0.2, 0.25) is 6.19 Å². The van der Waals surface area contributed by atoms with E-state index in [0.717, 1.165) is 28.7 Å². The Hall–Kier alpha value is -3.42. The Bertz CT molecular complexity index is 902. The summed E-state index contributed by atoms with van der Waals surface area (Å²) >= 11 is 0. The molecule has 2 aromatic carbocycles. The number of rotatable bonds is 3. The second kappa shape index (κ2) is 7.03. The maximum atomic E-state index is 9.13. The molecular formula is C19H14N4. The van der Waals surface area contributed by atoms with Crippen LogP contribution in [0.2, 0.25) is 0 Å². The normalized spacial score (nSPS) is 10.5. The van der Waals surface area contributed by atoms with Gasteiger partial charge < -0.3 is 0 Å². The van der Waals surface area contributed by atoms with Crippen LogP contribution >= 0.6 is 0 Å². The minimum absolute atomic E-state index is 0.541. The molecule has 2 rings (SSSR count). The molecule has 0 unspecified atom stereocenters. The number of nitrogens with zero attached hydrogens (tertiary/aromatic N) is 4. The molecule has 0 amide bonds. The quantitative estimate of drug-likeness (QED) is 0.640. The van der Waals surface area contributed by atoms with Gasteiger partial charge in [0.1, 0.15) is 0 Å². The zero-order chi connectivity index (χ0) is 16.8. The molecule has 0 aliphatic carbocycles. The first-order valence-electron chi connectivity index (χ1n) is 7.15. The zero-order valence-electron chi connectivity index (χ0n) is 13.0. The van der Waals surface area contributed by atoms with Crippen LogP contribution in [0.3, 0.4) is 0 Å². The summed E-state index contributed by atoms with van der Waals surface area (Å²) in [4.78, 5) is 3.95. The molecule has 0 N–H and O–H groups in total. The number of nitriles is 3. The Morgan fingerprint density at radius 3 is 2.09 bits per heavy atom. The Labute approximate surface area is 135 Å². The summed E-state index contributed by atoms with van der Waals surface area (Å²) in [5, 5.41) is 27.2. The minimum Gasteiger partial charge on any atom is -0.192 e. The Balaban J connectivity index is 2.60. The molecule has 0 aliphatic rings. The van der Waals surface area contributed by atoms with Crippen LogP contribution in [-0.2, 0) is 6.42 Å². The van der Waals surface area contributed by atoms with Gasteiger partial charge in [-0.1, -0.05) is 19.1 Å². The molecule has 23 heavy (non-hydrogen) atoms. The van der Waals surface area contributed by atoms with Gasteiger partial charge >= 0.3 is 0 Å². The highest BCUT2D eigenvalue weighted by Crippen LogP contribution is 2.19. The van der Waals surface area contributed by atoms with Crippen LogP contribution in [0, 0.1) is 41.0 Å². The molecule has 0 radical (unpaired) electrons. The van der Waals surface area contributed by atoms with E-state index in [4.69, 9.17) is 15.8 Å². The fourth-order valence-electron chi connectivity index (χ4n) is 2.42. The van der Waals surface area contributed by atoms with Gasteiger partial charge in [0.05, 0.1) is 29.0 Å². The summed E-state index contributed by atoms with van der Waals surface area (Å²) in [6, 6.07) is 15.1. The van der Waals surface area contributed by atoms with E-state index in [9.17, 15) is 0 Å². The third-order valence-electron chi connectivity index (χ3n) is 3.66. The average molecular weight is 298 g/mol. The van der Waals surface area contributed by atoms with Gasteiger partial charge in [0.25, 0.3) is 0 Å².